The third-order valence-electron chi connectivity index (χ3n) is 1.75. The van der Waals surface area contributed by atoms with Crippen LogP contribution in [0.3, 0.4) is 0 Å². The van der Waals surface area contributed by atoms with Gasteiger partial charge in [-0.3, -0.25) is 11.3 Å². The standard InChI is InChI=1S/C7H16N3S/c1-4(2)6(10-9)5(3)7(8)11/h5-6,10H,9H2,1-3H3,(H2,8,11). The molecule has 0 bridgehead atoms. The average Bonchev–Trinajstić information content (AvgIpc) is 1.88. The van der Waals surface area contributed by atoms with E-state index in [0.29, 0.717) is 4.99 Å². The SMILES string of the molecule is C[C](C)C(NN)C(C)C(N)=S. The summed E-state index contributed by atoms with van der Waals surface area (Å²) in [4.78, 5) is 0.495. The van der Waals surface area contributed by atoms with E-state index in [-0.39, 0.29) is 12.0 Å². The van der Waals surface area contributed by atoms with Gasteiger partial charge >= 0.3 is 0 Å². The summed E-state index contributed by atoms with van der Waals surface area (Å²) in [6.45, 7) is 5.96. The van der Waals surface area contributed by atoms with Crippen molar-refractivity contribution < 1.29 is 0 Å². The van der Waals surface area contributed by atoms with Crippen molar-refractivity contribution in [1.82, 2.24) is 5.43 Å². The van der Waals surface area contributed by atoms with Crippen molar-refractivity contribution in [2.24, 2.45) is 17.5 Å². The molecule has 0 aliphatic rings. The number of hydrazine groups is 1. The predicted molar refractivity (Wildman–Crippen MR) is 51.7 cm³/mol. The van der Waals surface area contributed by atoms with Crippen LogP contribution in [0.5, 0.6) is 0 Å². The molecule has 0 saturated carbocycles. The minimum atomic E-state index is 0.0903. The summed E-state index contributed by atoms with van der Waals surface area (Å²) in [5.41, 5.74) is 8.15. The van der Waals surface area contributed by atoms with Gasteiger partial charge in [0, 0.05) is 12.0 Å². The normalized spacial score (nSPS) is 16.5. The van der Waals surface area contributed by atoms with Gasteiger partial charge in [-0.2, -0.15) is 0 Å². The molecule has 11 heavy (non-hydrogen) atoms. The molecule has 0 aliphatic heterocycles. The van der Waals surface area contributed by atoms with E-state index in [4.69, 9.17) is 23.8 Å². The van der Waals surface area contributed by atoms with Gasteiger partial charge in [0.1, 0.15) is 0 Å². The Labute approximate surface area is 73.5 Å². The average molecular weight is 174 g/mol. The maximum atomic E-state index is 5.47. The molecule has 0 spiro atoms. The Morgan fingerprint density at radius 3 is 2.00 bits per heavy atom. The Kier molecular flexibility index (Phi) is 4.56. The van der Waals surface area contributed by atoms with Crippen molar-refractivity contribution in [2.45, 2.75) is 26.8 Å². The molecule has 0 aliphatic carbocycles. The highest BCUT2D eigenvalue weighted by molar-refractivity contribution is 7.80. The maximum absolute atomic E-state index is 5.47. The Bertz CT molecular complexity index is 136. The van der Waals surface area contributed by atoms with E-state index >= 15 is 0 Å². The first-order valence-electron chi connectivity index (χ1n) is 3.56. The molecule has 0 amide bonds. The minimum Gasteiger partial charge on any atom is -0.393 e. The van der Waals surface area contributed by atoms with Crippen LogP contribution in [-0.2, 0) is 0 Å². The van der Waals surface area contributed by atoms with E-state index in [9.17, 15) is 0 Å². The van der Waals surface area contributed by atoms with Gasteiger partial charge in [-0.1, -0.05) is 33.0 Å². The largest absolute Gasteiger partial charge is 0.393 e. The molecule has 2 atom stereocenters. The van der Waals surface area contributed by atoms with Crippen LogP contribution in [0.15, 0.2) is 0 Å². The molecule has 5 N–H and O–H groups in total. The lowest BCUT2D eigenvalue weighted by Crippen LogP contribution is -2.46. The second kappa shape index (κ2) is 4.64. The fourth-order valence-electron chi connectivity index (χ4n) is 0.975. The molecule has 0 heterocycles. The van der Waals surface area contributed by atoms with Crippen molar-refractivity contribution in [3.63, 3.8) is 0 Å². The van der Waals surface area contributed by atoms with Gasteiger partial charge in [-0.15, -0.1) is 0 Å². The fraction of sp³-hybridized carbons (Fsp3) is 0.714. The summed E-state index contributed by atoms with van der Waals surface area (Å²) in [7, 11) is 0. The molecule has 4 heteroatoms. The topological polar surface area (TPSA) is 64.1 Å². The van der Waals surface area contributed by atoms with Crippen LogP contribution in [0.25, 0.3) is 0 Å². The lowest BCUT2D eigenvalue weighted by atomic mass is 9.92. The smallest absolute Gasteiger partial charge is 0.0772 e. The van der Waals surface area contributed by atoms with Gasteiger partial charge in [0.15, 0.2) is 0 Å². The summed E-state index contributed by atoms with van der Waals surface area (Å²) in [6, 6.07) is 0.0903. The zero-order valence-electron chi connectivity index (χ0n) is 7.22. The van der Waals surface area contributed by atoms with Gasteiger partial charge in [-0.05, 0) is 5.92 Å². The van der Waals surface area contributed by atoms with Gasteiger partial charge in [0.2, 0.25) is 0 Å². The number of thiocarbonyl (C=S) groups is 1. The molecular weight excluding hydrogens is 158 g/mol. The summed E-state index contributed by atoms with van der Waals surface area (Å²) in [6.07, 6.45) is 0. The maximum Gasteiger partial charge on any atom is 0.0772 e. The van der Waals surface area contributed by atoms with Crippen LogP contribution in [0.1, 0.15) is 20.8 Å². The molecule has 65 valence electrons. The van der Waals surface area contributed by atoms with E-state index in [1.807, 2.05) is 20.8 Å². The van der Waals surface area contributed by atoms with Gasteiger partial charge < -0.3 is 5.73 Å². The Morgan fingerprint density at radius 1 is 1.45 bits per heavy atom. The van der Waals surface area contributed by atoms with Gasteiger partial charge in [0.05, 0.1) is 4.99 Å². The highest BCUT2D eigenvalue weighted by atomic mass is 32.1. The molecule has 0 saturated heterocycles. The molecule has 2 unspecified atom stereocenters. The molecule has 1 radical (unpaired) electrons. The highest BCUT2D eigenvalue weighted by Crippen LogP contribution is 2.13. The fourth-order valence-corrected chi connectivity index (χ4v) is 1.11. The zero-order valence-corrected chi connectivity index (χ0v) is 8.03. The molecule has 3 nitrogen and oxygen atoms in total. The second-order valence-corrected chi connectivity index (χ2v) is 3.38. The van der Waals surface area contributed by atoms with E-state index in [2.05, 4.69) is 5.43 Å². The lowest BCUT2D eigenvalue weighted by Gasteiger charge is -2.25. The van der Waals surface area contributed by atoms with Crippen LogP contribution in [0.4, 0.5) is 0 Å². The summed E-state index contributed by atoms with van der Waals surface area (Å²) < 4.78 is 0. The van der Waals surface area contributed by atoms with Crippen LogP contribution in [-0.4, -0.2) is 11.0 Å². The van der Waals surface area contributed by atoms with Crippen LogP contribution in [0, 0.1) is 11.8 Å². The summed E-state index contributed by atoms with van der Waals surface area (Å²) >= 11 is 4.85. The molecule has 0 rings (SSSR count). The van der Waals surface area contributed by atoms with Gasteiger partial charge in [0.25, 0.3) is 0 Å². The number of nitrogens with one attached hydrogen (secondary N) is 1. The van der Waals surface area contributed by atoms with Crippen molar-refractivity contribution in [3.8, 4) is 0 Å². The third kappa shape index (κ3) is 3.14. The Morgan fingerprint density at radius 2 is 1.91 bits per heavy atom. The first-order valence-corrected chi connectivity index (χ1v) is 3.97. The van der Waals surface area contributed by atoms with E-state index in [1.54, 1.807) is 0 Å². The lowest BCUT2D eigenvalue weighted by molar-refractivity contribution is 0.473. The Balaban J connectivity index is 4.13. The third-order valence-corrected chi connectivity index (χ3v) is 2.12. The Hall–Kier alpha value is -0.190. The molecule has 0 aromatic rings. The monoisotopic (exact) mass is 174 g/mol. The van der Waals surface area contributed by atoms with Crippen LogP contribution < -0.4 is 17.0 Å². The highest BCUT2D eigenvalue weighted by Gasteiger charge is 2.21. The second-order valence-electron chi connectivity index (χ2n) is 2.91. The van der Waals surface area contributed by atoms with Crippen molar-refractivity contribution >= 4 is 17.2 Å². The molecule has 0 aromatic heterocycles. The summed E-state index contributed by atoms with van der Waals surface area (Å²) in [5.74, 6) is 6.63. The number of rotatable bonds is 4. The molecule has 0 aromatic carbocycles. The quantitative estimate of drug-likeness (QED) is 0.327. The zero-order chi connectivity index (χ0) is 9.02. The van der Waals surface area contributed by atoms with Crippen LogP contribution in [0.2, 0.25) is 0 Å². The van der Waals surface area contributed by atoms with Gasteiger partial charge in [-0.25, -0.2) is 0 Å². The van der Waals surface area contributed by atoms with Crippen LogP contribution >= 0.6 is 12.2 Å². The van der Waals surface area contributed by atoms with Crippen molar-refractivity contribution in [1.29, 1.82) is 0 Å². The molecule has 0 fully saturated rings. The van der Waals surface area contributed by atoms with Crippen molar-refractivity contribution in [2.75, 3.05) is 0 Å². The number of nitrogens with two attached hydrogens (primary N) is 2. The first kappa shape index (κ1) is 10.8. The molecular formula is C7H16N3S. The number of hydrogen-bond donors (Lipinski definition) is 3. The predicted octanol–water partition coefficient (Wildman–Crippen LogP) is 0.355. The van der Waals surface area contributed by atoms with E-state index < -0.39 is 0 Å². The first-order chi connectivity index (χ1) is 5.00. The van der Waals surface area contributed by atoms with Crippen molar-refractivity contribution in [3.05, 3.63) is 5.92 Å². The van der Waals surface area contributed by atoms with E-state index in [0.717, 1.165) is 0 Å². The summed E-state index contributed by atoms with van der Waals surface area (Å²) in [5, 5.41) is 0. The van der Waals surface area contributed by atoms with E-state index in [1.165, 1.54) is 5.92 Å². The number of hydrogen-bond acceptors (Lipinski definition) is 3. The minimum absolute atomic E-state index is 0.0903.